The first-order valence-corrected chi connectivity index (χ1v) is 16.3. The Morgan fingerprint density at radius 2 is 1.43 bits per heavy atom. The normalized spacial score (nSPS) is 16.0. The molecule has 2 aromatic rings. The van der Waals surface area contributed by atoms with Gasteiger partial charge in [-0.15, -0.1) is 0 Å². The number of carbonyl (C=O) groups is 2. The van der Waals surface area contributed by atoms with Crippen molar-refractivity contribution in [2.45, 2.75) is 123 Å². The van der Waals surface area contributed by atoms with Crippen molar-refractivity contribution in [2.24, 2.45) is 5.92 Å². The van der Waals surface area contributed by atoms with Crippen LogP contribution in [-0.2, 0) is 24.8 Å². The molecule has 1 aliphatic heterocycles. The molecule has 0 spiro atoms. The maximum Gasteiger partial charge on any atom is 0.343 e. The van der Waals surface area contributed by atoms with Gasteiger partial charge in [0, 0.05) is 17.9 Å². The van der Waals surface area contributed by atoms with Gasteiger partial charge in [0.05, 0.1) is 18.8 Å². The highest BCUT2D eigenvalue weighted by Gasteiger charge is 2.43. The van der Waals surface area contributed by atoms with Gasteiger partial charge in [0.1, 0.15) is 11.9 Å². The lowest BCUT2D eigenvalue weighted by Crippen LogP contribution is -2.44. The van der Waals surface area contributed by atoms with Crippen LogP contribution in [0.1, 0.15) is 139 Å². The molecule has 0 radical (unpaired) electrons. The van der Waals surface area contributed by atoms with Crippen molar-refractivity contribution in [1.82, 2.24) is 0 Å². The Balaban J connectivity index is 1.52. The van der Waals surface area contributed by atoms with Crippen molar-refractivity contribution in [1.29, 1.82) is 0 Å². The van der Waals surface area contributed by atoms with Crippen molar-refractivity contribution in [3.63, 3.8) is 0 Å². The molecule has 1 heterocycles. The number of carbonyl (C=O) groups excluding carboxylic acids is 2. The molecule has 0 aromatic heterocycles. The summed E-state index contributed by atoms with van der Waals surface area (Å²) < 4.78 is 23.9. The fourth-order valence-corrected chi connectivity index (χ4v) is 5.66. The quantitative estimate of drug-likeness (QED) is 0.0993. The first kappa shape index (κ1) is 33.8. The van der Waals surface area contributed by atoms with Gasteiger partial charge in [-0.25, -0.2) is 4.79 Å². The standard InChI is InChI=1S/C36H52O6/c1-5-8-10-11-12-13-14-17-34(37)41-28(4)29-20-24-33(25-21-29)42-35(38)30-18-22-32(23-19-30)36(39-26-15-27-40-36)31(7-3)16-9-6-2/h18-25,28,31H,5-17,26-27H2,1-4H3. The van der Waals surface area contributed by atoms with Gasteiger partial charge in [0.2, 0.25) is 0 Å². The summed E-state index contributed by atoms with van der Waals surface area (Å²) in [5.41, 5.74) is 2.27. The van der Waals surface area contributed by atoms with Crippen LogP contribution in [0, 0.1) is 5.92 Å². The van der Waals surface area contributed by atoms with Crippen molar-refractivity contribution in [3.05, 3.63) is 65.2 Å². The molecule has 2 aromatic carbocycles. The monoisotopic (exact) mass is 580 g/mol. The third-order valence-corrected chi connectivity index (χ3v) is 8.23. The molecule has 6 heteroatoms. The molecule has 1 aliphatic rings. The highest BCUT2D eigenvalue weighted by molar-refractivity contribution is 5.91. The van der Waals surface area contributed by atoms with Crippen molar-refractivity contribution < 1.29 is 28.5 Å². The number of hydrogen-bond donors (Lipinski definition) is 0. The molecular formula is C36H52O6. The van der Waals surface area contributed by atoms with E-state index in [0.717, 1.165) is 56.1 Å². The largest absolute Gasteiger partial charge is 0.458 e. The fraction of sp³-hybridized carbons (Fsp3) is 0.611. The van der Waals surface area contributed by atoms with Crippen LogP contribution in [0.5, 0.6) is 5.75 Å². The molecule has 0 N–H and O–H groups in total. The molecule has 0 amide bonds. The van der Waals surface area contributed by atoms with Gasteiger partial charge in [0.15, 0.2) is 5.79 Å². The second kappa shape index (κ2) is 18.1. The van der Waals surface area contributed by atoms with E-state index < -0.39 is 11.8 Å². The smallest absolute Gasteiger partial charge is 0.343 e. The molecule has 3 rings (SSSR count). The molecule has 1 fully saturated rings. The highest BCUT2D eigenvalue weighted by Crippen LogP contribution is 2.42. The van der Waals surface area contributed by atoms with E-state index >= 15 is 0 Å². The minimum Gasteiger partial charge on any atom is -0.458 e. The van der Waals surface area contributed by atoms with Crippen LogP contribution in [0.25, 0.3) is 0 Å². The maximum atomic E-state index is 12.9. The summed E-state index contributed by atoms with van der Waals surface area (Å²) in [4.78, 5) is 25.2. The minimum atomic E-state index is -0.769. The molecule has 232 valence electrons. The average Bonchev–Trinajstić information content (AvgIpc) is 3.01. The zero-order valence-electron chi connectivity index (χ0n) is 26.3. The van der Waals surface area contributed by atoms with Gasteiger partial charge in [0.25, 0.3) is 0 Å². The Morgan fingerprint density at radius 1 is 0.810 bits per heavy atom. The summed E-state index contributed by atoms with van der Waals surface area (Å²) in [5, 5.41) is 0. The van der Waals surface area contributed by atoms with Crippen LogP contribution in [0.15, 0.2) is 48.5 Å². The average molecular weight is 581 g/mol. The van der Waals surface area contributed by atoms with E-state index in [2.05, 4.69) is 20.8 Å². The van der Waals surface area contributed by atoms with Crippen LogP contribution in [0.2, 0.25) is 0 Å². The van der Waals surface area contributed by atoms with Crippen molar-refractivity contribution >= 4 is 11.9 Å². The summed E-state index contributed by atoms with van der Waals surface area (Å²) in [5.74, 6) is -0.682. The molecule has 0 saturated carbocycles. The predicted molar refractivity (Wildman–Crippen MR) is 166 cm³/mol. The van der Waals surface area contributed by atoms with Gasteiger partial charge < -0.3 is 18.9 Å². The molecule has 0 bridgehead atoms. The second-order valence-electron chi connectivity index (χ2n) is 11.5. The van der Waals surface area contributed by atoms with E-state index in [1.807, 2.05) is 31.2 Å². The minimum absolute atomic E-state index is 0.170. The van der Waals surface area contributed by atoms with Crippen molar-refractivity contribution in [2.75, 3.05) is 13.2 Å². The zero-order valence-corrected chi connectivity index (χ0v) is 26.3. The Kier molecular flexibility index (Phi) is 14.5. The van der Waals surface area contributed by atoms with E-state index in [-0.39, 0.29) is 18.0 Å². The van der Waals surface area contributed by atoms with Gasteiger partial charge in [-0.2, -0.15) is 0 Å². The lowest BCUT2D eigenvalue weighted by atomic mass is 9.84. The van der Waals surface area contributed by atoms with E-state index in [9.17, 15) is 9.59 Å². The van der Waals surface area contributed by atoms with Gasteiger partial charge in [-0.05, 0) is 62.4 Å². The first-order valence-electron chi connectivity index (χ1n) is 16.3. The summed E-state index contributed by atoms with van der Waals surface area (Å²) >= 11 is 0. The van der Waals surface area contributed by atoms with Crippen LogP contribution in [-0.4, -0.2) is 25.2 Å². The second-order valence-corrected chi connectivity index (χ2v) is 11.5. The van der Waals surface area contributed by atoms with Crippen LogP contribution >= 0.6 is 0 Å². The molecule has 0 aliphatic carbocycles. The topological polar surface area (TPSA) is 71.1 Å². The Hall–Kier alpha value is -2.70. The molecular weight excluding hydrogens is 528 g/mol. The van der Waals surface area contributed by atoms with E-state index in [4.69, 9.17) is 18.9 Å². The highest BCUT2D eigenvalue weighted by atomic mass is 16.7. The Morgan fingerprint density at radius 3 is 2.05 bits per heavy atom. The third kappa shape index (κ3) is 9.95. The SMILES string of the molecule is CCCCCCCCCC(=O)OC(C)c1ccc(OC(=O)c2ccc(C3(C(CC)CCCC)OCCCO3)cc2)cc1. The lowest BCUT2D eigenvalue weighted by molar-refractivity contribution is -0.306. The maximum absolute atomic E-state index is 12.9. The molecule has 6 nitrogen and oxygen atoms in total. The first-order chi connectivity index (χ1) is 20.4. The van der Waals surface area contributed by atoms with E-state index in [0.29, 0.717) is 30.9 Å². The fourth-order valence-electron chi connectivity index (χ4n) is 5.66. The lowest BCUT2D eigenvalue weighted by Gasteiger charge is -2.43. The number of rotatable bonds is 18. The third-order valence-electron chi connectivity index (χ3n) is 8.23. The van der Waals surface area contributed by atoms with Gasteiger partial charge in [-0.1, -0.05) is 96.4 Å². The molecule has 42 heavy (non-hydrogen) atoms. The number of unbranched alkanes of at least 4 members (excludes halogenated alkanes) is 7. The summed E-state index contributed by atoms with van der Waals surface area (Å²) in [6.45, 7) is 9.79. The number of benzene rings is 2. The molecule has 1 saturated heterocycles. The number of hydrogen-bond acceptors (Lipinski definition) is 6. The van der Waals surface area contributed by atoms with Gasteiger partial charge in [-0.3, -0.25) is 4.79 Å². The zero-order chi connectivity index (χ0) is 30.2. The van der Waals surface area contributed by atoms with Gasteiger partial charge >= 0.3 is 11.9 Å². The van der Waals surface area contributed by atoms with Crippen LogP contribution < -0.4 is 4.74 Å². The number of esters is 2. The number of ether oxygens (including phenoxy) is 4. The van der Waals surface area contributed by atoms with E-state index in [1.54, 1.807) is 24.3 Å². The van der Waals surface area contributed by atoms with Crippen LogP contribution in [0.3, 0.4) is 0 Å². The van der Waals surface area contributed by atoms with Crippen molar-refractivity contribution in [3.8, 4) is 5.75 Å². The van der Waals surface area contributed by atoms with Crippen LogP contribution in [0.4, 0.5) is 0 Å². The molecule has 2 atom stereocenters. The Labute approximate surface area is 253 Å². The Bertz CT molecular complexity index is 1060. The summed E-state index contributed by atoms with van der Waals surface area (Å²) in [6.07, 6.45) is 13.4. The summed E-state index contributed by atoms with van der Waals surface area (Å²) in [6, 6.07) is 14.6. The van der Waals surface area contributed by atoms with E-state index in [1.165, 1.54) is 32.1 Å². The molecule has 2 unspecified atom stereocenters. The summed E-state index contributed by atoms with van der Waals surface area (Å²) in [7, 11) is 0. The predicted octanol–water partition coefficient (Wildman–Crippen LogP) is 9.46.